The van der Waals surface area contributed by atoms with Crippen molar-refractivity contribution in [3.8, 4) is 0 Å². The van der Waals surface area contributed by atoms with Crippen molar-refractivity contribution in [1.29, 1.82) is 0 Å². The van der Waals surface area contributed by atoms with Crippen LogP contribution in [-0.4, -0.2) is 22.9 Å². The van der Waals surface area contributed by atoms with Crippen LogP contribution in [0.5, 0.6) is 0 Å². The molecular formula is C11H14O4. The first-order chi connectivity index (χ1) is 7.15. The molecule has 0 aliphatic heterocycles. The highest BCUT2D eigenvalue weighted by Gasteiger charge is 2.34. The monoisotopic (exact) mass is 210 g/mol. The largest absolute Gasteiger partial charge is 0.478 e. The van der Waals surface area contributed by atoms with Gasteiger partial charge >= 0.3 is 5.97 Å². The molecule has 1 rings (SSSR count). The average molecular weight is 210 g/mol. The smallest absolute Gasteiger partial charge is 0.332 e. The van der Waals surface area contributed by atoms with Gasteiger partial charge in [-0.05, 0) is 12.0 Å². The first-order valence-corrected chi connectivity index (χ1v) is 4.63. The van der Waals surface area contributed by atoms with Crippen molar-refractivity contribution >= 4 is 5.97 Å². The lowest BCUT2D eigenvalue weighted by Gasteiger charge is -2.07. The number of aliphatic carboxylic acids is 1. The maximum atomic E-state index is 11.0. The summed E-state index contributed by atoms with van der Waals surface area (Å²) in [6.07, 6.45) is 3.90. The second-order valence-electron chi connectivity index (χ2n) is 3.44. The zero-order chi connectivity index (χ0) is 11.4. The number of hydrogen-bond acceptors (Lipinski definition) is 3. The molecule has 0 bridgehead atoms. The third-order valence-electron chi connectivity index (χ3n) is 2.69. The van der Waals surface area contributed by atoms with Gasteiger partial charge in [0.1, 0.15) is 6.61 Å². The first kappa shape index (κ1) is 11.7. The van der Waals surface area contributed by atoms with Crippen LogP contribution in [0.4, 0.5) is 0 Å². The van der Waals surface area contributed by atoms with E-state index in [0.29, 0.717) is 12.0 Å². The zero-order valence-electron chi connectivity index (χ0n) is 8.35. The fourth-order valence-corrected chi connectivity index (χ4v) is 1.97. The molecule has 0 radical (unpaired) electrons. The highest BCUT2D eigenvalue weighted by atomic mass is 17.1. The second kappa shape index (κ2) is 4.91. The van der Waals surface area contributed by atoms with Gasteiger partial charge in [-0.15, -0.1) is 13.2 Å². The standard InChI is InChI=1S/C11H14O4/c1-3-7-5-8(4-2)10(11(12)13)9(7)6-15-14/h3-4,7-8,14H,1-2,5-6H2,(H,12,13). The van der Waals surface area contributed by atoms with Gasteiger partial charge in [-0.2, -0.15) is 0 Å². The molecule has 0 fully saturated rings. The summed E-state index contributed by atoms with van der Waals surface area (Å²) >= 11 is 0. The molecule has 2 N–H and O–H groups in total. The van der Waals surface area contributed by atoms with Crippen molar-refractivity contribution in [1.82, 2.24) is 0 Å². The fourth-order valence-electron chi connectivity index (χ4n) is 1.97. The van der Waals surface area contributed by atoms with E-state index in [2.05, 4.69) is 18.0 Å². The SMILES string of the molecule is C=CC1CC(C=C)C(C(=O)O)=C1COO. The third kappa shape index (κ3) is 2.16. The molecular weight excluding hydrogens is 196 g/mol. The van der Waals surface area contributed by atoms with Crippen LogP contribution in [0.1, 0.15) is 6.42 Å². The zero-order valence-corrected chi connectivity index (χ0v) is 8.35. The Bertz CT molecular complexity index is 317. The highest BCUT2D eigenvalue weighted by molar-refractivity contribution is 5.89. The molecule has 4 nitrogen and oxygen atoms in total. The Balaban J connectivity index is 3.11. The van der Waals surface area contributed by atoms with Crippen LogP contribution in [0, 0.1) is 11.8 Å². The van der Waals surface area contributed by atoms with Gasteiger partial charge < -0.3 is 5.11 Å². The Morgan fingerprint density at radius 2 is 2.07 bits per heavy atom. The molecule has 2 unspecified atom stereocenters. The number of allylic oxidation sites excluding steroid dienone is 2. The van der Waals surface area contributed by atoms with Crippen LogP contribution in [0.3, 0.4) is 0 Å². The van der Waals surface area contributed by atoms with Crippen molar-refractivity contribution in [3.63, 3.8) is 0 Å². The van der Waals surface area contributed by atoms with Crippen molar-refractivity contribution in [2.24, 2.45) is 11.8 Å². The van der Waals surface area contributed by atoms with Gasteiger partial charge in [0, 0.05) is 17.4 Å². The van der Waals surface area contributed by atoms with Crippen LogP contribution in [-0.2, 0) is 9.68 Å². The van der Waals surface area contributed by atoms with E-state index in [1.54, 1.807) is 12.2 Å². The molecule has 82 valence electrons. The predicted molar refractivity (Wildman–Crippen MR) is 55.2 cm³/mol. The van der Waals surface area contributed by atoms with Crippen LogP contribution in [0.2, 0.25) is 0 Å². The van der Waals surface area contributed by atoms with Gasteiger partial charge in [-0.3, -0.25) is 5.26 Å². The van der Waals surface area contributed by atoms with E-state index in [4.69, 9.17) is 10.4 Å². The molecule has 1 aliphatic rings. The van der Waals surface area contributed by atoms with Gasteiger partial charge in [-0.1, -0.05) is 12.2 Å². The Hall–Kier alpha value is -1.39. The minimum Gasteiger partial charge on any atom is -0.478 e. The van der Waals surface area contributed by atoms with E-state index in [1.807, 2.05) is 0 Å². The number of carboxylic acid groups (broad SMARTS) is 1. The van der Waals surface area contributed by atoms with Crippen molar-refractivity contribution in [3.05, 3.63) is 36.5 Å². The van der Waals surface area contributed by atoms with Crippen LogP contribution in [0.25, 0.3) is 0 Å². The predicted octanol–water partition coefficient (Wildman–Crippen LogP) is 1.87. The number of rotatable bonds is 5. The molecule has 15 heavy (non-hydrogen) atoms. The summed E-state index contributed by atoms with van der Waals surface area (Å²) in [5.41, 5.74) is 0.842. The van der Waals surface area contributed by atoms with E-state index in [0.717, 1.165) is 0 Å². The average Bonchev–Trinajstić information content (AvgIpc) is 2.56. The van der Waals surface area contributed by atoms with Crippen LogP contribution < -0.4 is 0 Å². The molecule has 2 atom stereocenters. The Labute approximate surface area is 88.1 Å². The minimum atomic E-state index is -0.990. The van der Waals surface area contributed by atoms with Crippen molar-refractivity contribution < 1.29 is 20.0 Å². The van der Waals surface area contributed by atoms with Crippen molar-refractivity contribution in [2.75, 3.05) is 6.61 Å². The Kier molecular flexibility index (Phi) is 3.82. The first-order valence-electron chi connectivity index (χ1n) is 4.63. The Morgan fingerprint density at radius 1 is 1.47 bits per heavy atom. The van der Waals surface area contributed by atoms with Crippen LogP contribution >= 0.6 is 0 Å². The van der Waals surface area contributed by atoms with Gasteiger partial charge in [0.25, 0.3) is 0 Å². The van der Waals surface area contributed by atoms with E-state index in [9.17, 15) is 4.79 Å². The third-order valence-corrected chi connectivity index (χ3v) is 2.69. The molecule has 0 aromatic carbocycles. The summed E-state index contributed by atoms with van der Waals surface area (Å²) in [5.74, 6) is -1.25. The van der Waals surface area contributed by atoms with Gasteiger partial charge in [0.2, 0.25) is 0 Å². The molecule has 0 saturated heterocycles. The topological polar surface area (TPSA) is 66.8 Å². The summed E-state index contributed by atoms with van der Waals surface area (Å²) in [7, 11) is 0. The van der Waals surface area contributed by atoms with Crippen molar-refractivity contribution in [2.45, 2.75) is 6.42 Å². The van der Waals surface area contributed by atoms with E-state index in [1.165, 1.54) is 0 Å². The summed E-state index contributed by atoms with van der Waals surface area (Å²) < 4.78 is 0. The lowest BCUT2D eigenvalue weighted by molar-refractivity contribution is -0.234. The lowest BCUT2D eigenvalue weighted by Crippen LogP contribution is -2.09. The molecule has 0 spiro atoms. The molecule has 0 aromatic rings. The van der Waals surface area contributed by atoms with E-state index >= 15 is 0 Å². The quantitative estimate of drug-likeness (QED) is 0.413. The van der Waals surface area contributed by atoms with Gasteiger partial charge in [0.05, 0.1) is 0 Å². The maximum absolute atomic E-state index is 11.0. The molecule has 1 aliphatic carbocycles. The number of carbonyl (C=O) groups is 1. The Morgan fingerprint density at radius 3 is 2.47 bits per heavy atom. The molecule has 0 heterocycles. The lowest BCUT2D eigenvalue weighted by atomic mass is 9.99. The van der Waals surface area contributed by atoms with E-state index < -0.39 is 5.97 Å². The van der Waals surface area contributed by atoms with Gasteiger partial charge in [-0.25, -0.2) is 9.68 Å². The summed E-state index contributed by atoms with van der Waals surface area (Å²) in [6, 6.07) is 0. The highest BCUT2D eigenvalue weighted by Crippen LogP contribution is 2.38. The van der Waals surface area contributed by atoms with Gasteiger partial charge in [0.15, 0.2) is 0 Å². The molecule has 0 amide bonds. The normalized spacial score (nSPS) is 25.4. The number of carboxylic acids is 1. The van der Waals surface area contributed by atoms with Crippen LogP contribution in [0.15, 0.2) is 36.5 Å². The van der Waals surface area contributed by atoms with E-state index in [-0.39, 0.29) is 24.0 Å². The molecule has 0 saturated carbocycles. The maximum Gasteiger partial charge on any atom is 0.332 e. The minimum absolute atomic E-state index is 0.0637. The number of hydrogen-bond donors (Lipinski definition) is 2. The second-order valence-corrected chi connectivity index (χ2v) is 3.44. The molecule has 0 aromatic heterocycles. The summed E-state index contributed by atoms with van der Waals surface area (Å²) in [4.78, 5) is 15.1. The summed E-state index contributed by atoms with van der Waals surface area (Å²) in [6.45, 7) is 7.15. The fraction of sp³-hybridized carbons (Fsp3) is 0.364. The molecule has 4 heteroatoms. The summed E-state index contributed by atoms with van der Waals surface area (Å²) in [5, 5.41) is 17.5.